The van der Waals surface area contributed by atoms with E-state index in [1.807, 2.05) is 37.3 Å². The molecule has 0 amide bonds. The maximum absolute atomic E-state index is 14.6. The molecule has 0 saturated carbocycles. The van der Waals surface area contributed by atoms with Gasteiger partial charge in [0.25, 0.3) is 0 Å². The molecule has 5 heteroatoms. The van der Waals surface area contributed by atoms with Crippen LogP contribution in [-0.4, -0.2) is 19.8 Å². The van der Waals surface area contributed by atoms with Gasteiger partial charge >= 0.3 is 7.69 Å². The van der Waals surface area contributed by atoms with E-state index in [4.69, 9.17) is 14.4 Å². The first-order valence-corrected chi connectivity index (χ1v) is 7.25. The summed E-state index contributed by atoms with van der Waals surface area (Å²) in [5.41, 5.74) is 1.84. The molecule has 0 unspecified atom stereocenters. The molecule has 1 N–H and O–H groups in total. The summed E-state index contributed by atoms with van der Waals surface area (Å²) in [4.78, 5) is 0. The van der Waals surface area contributed by atoms with Gasteiger partial charge < -0.3 is 14.4 Å². The van der Waals surface area contributed by atoms with Crippen molar-refractivity contribution in [1.82, 2.24) is 0 Å². The van der Waals surface area contributed by atoms with Crippen LogP contribution < -0.4 is 9.39 Å². The lowest BCUT2D eigenvalue weighted by molar-refractivity contribution is 0.406. The summed E-state index contributed by atoms with van der Waals surface area (Å²) in [5, 5.41) is 10.7. The van der Waals surface area contributed by atoms with E-state index in [1.165, 1.54) is 13.2 Å². The molecule has 3 rings (SSSR count). The zero-order valence-electron chi connectivity index (χ0n) is 13.0. The summed E-state index contributed by atoms with van der Waals surface area (Å²) >= 11 is 0. The second-order valence-electron chi connectivity index (χ2n) is 5.22. The van der Waals surface area contributed by atoms with Crippen molar-refractivity contribution in [2.75, 3.05) is 7.11 Å². The predicted molar refractivity (Wildman–Crippen MR) is 90.6 cm³/mol. The highest BCUT2D eigenvalue weighted by Gasteiger charge is 2.16. The monoisotopic (exact) mass is 310 g/mol. The Balaban J connectivity index is 2.22. The molecule has 0 heterocycles. The van der Waals surface area contributed by atoms with Gasteiger partial charge in [0.1, 0.15) is 17.3 Å². The van der Waals surface area contributed by atoms with Crippen LogP contribution in [0.4, 0.5) is 4.39 Å². The molecule has 0 saturated heterocycles. The highest BCUT2D eigenvalue weighted by Crippen LogP contribution is 2.39. The van der Waals surface area contributed by atoms with Crippen LogP contribution in [0.15, 0.2) is 48.5 Å². The van der Waals surface area contributed by atoms with Crippen LogP contribution in [0.1, 0.15) is 5.56 Å². The van der Waals surface area contributed by atoms with Crippen molar-refractivity contribution in [3.8, 4) is 22.6 Å². The molecule has 0 fully saturated rings. The van der Waals surface area contributed by atoms with Crippen LogP contribution >= 0.6 is 0 Å². The predicted octanol–water partition coefficient (Wildman–Crippen LogP) is 3.60. The molecule has 0 radical (unpaired) electrons. The Morgan fingerprint density at radius 1 is 1.00 bits per heavy atom. The molecule has 0 spiro atoms. The summed E-state index contributed by atoms with van der Waals surface area (Å²) in [6, 6.07) is 14.4. The Hall–Kier alpha value is -2.53. The summed E-state index contributed by atoms with van der Waals surface area (Å²) in [6.07, 6.45) is 0. The zero-order chi connectivity index (χ0) is 16.4. The number of ether oxygens (including phenoxy) is 1. The number of rotatable bonds is 4. The molecular formula is C18H16BFO3. The van der Waals surface area contributed by atoms with E-state index in [1.54, 1.807) is 12.1 Å². The van der Waals surface area contributed by atoms with Gasteiger partial charge in [0.05, 0.1) is 7.11 Å². The first-order valence-electron chi connectivity index (χ1n) is 7.25. The minimum atomic E-state index is -0.423. The summed E-state index contributed by atoms with van der Waals surface area (Å²) in [7, 11) is 1.11. The minimum Gasteiger partial charge on any atom is -0.538 e. The van der Waals surface area contributed by atoms with Gasteiger partial charge in [-0.1, -0.05) is 24.3 Å². The molecule has 116 valence electrons. The molecule has 0 aromatic heterocycles. The average molecular weight is 310 g/mol. The quantitative estimate of drug-likeness (QED) is 0.748. The van der Waals surface area contributed by atoms with Crippen LogP contribution in [0.2, 0.25) is 0 Å². The van der Waals surface area contributed by atoms with E-state index in [0.717, 1.165) is 10.8 Å². The Bertz CT molecular complexity index is 864. The summed E-state index contributed by atoms with van der Waals surface area (Å²) in [6.45, 7) is 1.81. The molecule has 0 aliphatic rings. The van der Waals surface area contributed by atoms with E-state index >= 15 is 0 Å². The van der Waals surface area contributed by atoms with Crippen molar-refractivity contribution in [2.45, 2.75) is 6.92 Å². The summed E-state index contributed by atoms with van der Waals surface area (Å²) in [5.74, 6) is 0.733. The molecule has 0 aliphatic carbocycles. The van der Waals surface area contributed by atoms with Crippen LogP contribution in [0.3, 0.4) is 0 Å². The normalized spacial score (nSPS) is 10.6. The van der Waals surface area contributed by atoms with Crippen molar-refractivity contribution in [3.63, 3.8) is 0 Å². The standard InChI is InChI=1S/C18H16BFO3/c1-11-17(23-19-21)8-7-14(18(11)22-2)15-9-12-5-3-4-6-13(12)10-16(15)20/h3-10,19,21H,1-2H3. The average Bonchev–Trinajstić information content (AvgIpc) is 2.56. The fourth-order valence-electron chi connectivity index (χ4n) is 2.79. The maximum Gasteiger partial charge on any atom is 0.504 e. The van der Waals surface area contributed by atoms with Gasteiger partial charge in [-0.3, -0.25) is 0 Å². The van der Waals surface area contributed by atoms with E-state index in [2.05, 4.69) is 0 Å². The Kier molecular flexibility index (Phi) is 4.21. The Labute approximate surface area is 134 Å². The lowest BCUT2D eigenvalue weighted by atomic mass is 9.97. The molecule has 3 aromatic rings. The first kappa shape index (κ1) is 15.4. The lowest BCUT2D eigenvalue weighted by Gasteiger charge is -2.16. The highest BCUT2D eigenvalue weighted by molar-refractivity contribution is 6.17. The van der Waals surface area contributed by atoms with Gasteiger partial charge in [-0.15, -0.1) is 0 Å². The zero-order valence-corrected chi connectivity index (χ0v) is 13.0. The van der Waals surface area contributed by atoms with Gasteiger partial charge in [0, 0.05) is 16.7 Å². The van der Waals surface area contributed by atoms with Crippen molar-refractivity contribution >= 4 is 18.5 Å². The minimum absolute atomic E-state index is 0.308. The van der Waals surface area contributed by atoms with E-state index in [-0.39, 0.29) is 5.82 Å². The third kappa shape index (κ3) is 2.75. The number of methoxy groups -OCH3 is 1. The molecule has 0 bridgehead atoms. The molecule has 3 nitrogen and oxygen atoms in total. The van der Waals surface area contributed by atoms with Gasteiger partial charge in [0.2, 0.25) is 0 Å². The third-order valence-electron chi connectivity index (χ3n) is 3.91. The van der Waals surface area contributed by atoms with Crippen LogP contribution in [0.5, 0.6) is 11.5 Å². The molecule has 3 aromatic carbocycles. The van der Waals surface area contributed by atoms with Gasteiger partial charge in [-0.2, -0.15) is 0 Å². The fraction of sp³-hybridized carbons (Fsp3) is 0.111. The Morgan fingerprint density at radius 3 is 2.35 bits per heavy atom. The number of benzene rings is 3. The number of hydrogen-bond acceptors (Lipinski definition) is 3. The number of hydrogen-bond donors (Lipinski definition) is 1. The maximum atomic E-state index is 14.6. The van der Waals surface area contributed by atoms with Gasteiger partial charge in [-0.05, 0) is 42.0 Å². The first-order chi connectivity index (χ1) is 11.2. The molecular weight excluding hydrogens is 294 g/mol. The van der Waals surface area contributed by atoms with Crippen LogP contribution in [0.25, 0.3) is 21.9 Å². The lowest BCUT2D eigenvalue weighted by Crippen LogP contribution is -2.03. The van der Waals surface area contributed by atoms with Crippen LogP contribution in [0, 0.1) is 12.7 Å². The molecule has 0 aliphatic heterocycles. The van der Waals surface area contributed by atoms with Gasteiger partial charge in [0.15, 0.2) is 0 Å². The second kappa shape index (κ2) is 6.30. The smallest absolute Gasteiger partial charge is 0.504 e. The number of halogens is 1. The van der Waals surface area contributed by atoms with E-state index in [9.17, 15) is 4.39 Å². The second-order valence-corrected chi connectivity index (χ2v) is 5.22. The van der Waals surface area contributed by atoms with Crippen molar-refractivity contribution < 1.29 is 18.8 Å². The fourth-order valence-corrected chi connectivity index (χ4v) is 2.79. The van der Waals surface area contributed by atoms with E-state index in [0.29, 0.717) is 28.2 Å². The van der Waals surface area contributed by atoms with Crippen molar-refractivity contribution in [1.29, 1.82) is 0 Å². The molecule has 0 atom stereocenters. The van der Waals surface area contributed by atoms with E-state index < -0.39 is 7.69 Å². The van der Waals surface area contributed by atoms with Crippen molar-refractivity contribution in [2.24, 2.45) is 0 Å². The van der Waals surface area contributed by atoms with Crippen LogP contribution in [-0.2, 0) is 0 Å². The van der Waals surface area contributed by atoms with Gasteiger partial charge in [-0.25, -0.2) is 4.39 Å². The highest BCUT2D eigenvalue weighted by atomic mass is 19.1. The summed E-state index contributed by atoms with van der Waals surface area (Å²) < 4.78 is 25.2. The third-order valence-corrected chi connectivity index (χ3v) is 3.91. The largest absolute Gasteiger partial charge is 0.538 e. The Morgan fingerprint density at radius 2 is 1.70 bits per heavy atom. The van der Waals surface area contributed by atoms with Crippen molar-refractivity contribution in [3.05, 3.63) is 59.9 Å². The molecule has 23 heavy (non-hydrogen) atoms. The number of fused-ring (bicyclic) bond motifs is 1. The topological polar surface area (TPSA) is 38.7 Å². The SMILES string of the molecule is COc1c(-c2cc3ccccc3cc2F)ccc(OBO)c1C.